The molecule has 2 N–H and O–H groups in total. The normalized spacial score (nSPS) is 10.1. The molecule has 0 aromatic heterocycles. The van der Waals surface area contributed by atoms with Gasteiger partial charge in [0.25, 0.3) is 0 Å². The van der Waals surface area contributed by atoms with Crippen LogP contribution in [-0.4, -0.2) is 9.85 Å². The van der Waals surface area contributed by atoms with Crippen LogP contribution in [0.4, 0.5) is 17.1 Å². The first-order valence-electron chi connectivity index (χ1n) is 5.29. The third kappa shape index (κ3) is 2.21. The number of hydrogen-bond acceptors (Lipinski definition) is 5. The van der Waals surface area contributed by atoms with Gasteiger partial charge in [0, 0.05) is 11.6 Å². The maximum atomic E-state index is 11.0. The van der Waals surface area contributed by atoms with Crippen molar-refractivity contribution in [2.75, 3.05) is 5.73 Å². The summed E-state index contributed by atoms with van der Waals surface area (Å²) in [5, 5.41) is 21.7. The Kier molecular flexibility index (Phi) is 3.11. The lowest BCUT2D eigenvalue weighted by molar-refractivity contribution is -0.421. The fourth-order valence-electron chi connectivity index (χ4n) is 1.81. The van der Waals surface area contributed by atoms with Crippen LogP contribution in [0.25, 0.3) is 11.1 Å². The van der Waals surface area contributed by atoms with Gasteiger partial charge in [-0.1, -0.05) is 30.3 Å². The zero-order chi connectivity index (χ0) is 14.0. The fourth-order valence-corrected chi connectivity index (χ4v) is 1.81. The van der Waals surface area contributed by atoms with E-state index in [0.717, 1.165) is 6.07 Å². The molecule has 0 atom stereocenters. The van der Waals surface area contributed by atoms with Gasteiger partial charge in [0.2, 0.25) is 0 Å². The predicted octanol–water partition coefficient (Wildman–Crippen LogP) is 2.75. The Labute approximate surface area is 107 Å². The quantitative estimate of drug-likeness (QED) is 0.517. The average molecular weight is 259 g/mol. The molecule has 2 aromatic carbocycles. The van der Waals surface area contributed by atoms with E-state index in [9.17, 15) is 20.2 Å². The van der Waals surface area contributed by atoms with E-state index in [2.05, 4.69) is 0 Å². The van der Waals surface area contributed by atoms with Gasteiger partial charge in [-0.25, -0.2) is 0 Å². The van der Waals surface area contributed by atoms with E-state index in [-0.39, 0.29) is 5.69 Å². The number of nitro benzene ring substituents is 2. The Morgan fingerprint density at radius 1 is 0.895 bits per heavy atom. The van der Waals surface area contributed by atoms with Gasteiger partial charge in [-0.15, -0.1) is 0 Å². The molecular weight excluding hydrogens is 250 g/mol. The second kappa shape index (κ2) is 4.73. The Hall–Kier alpha value is -2.96. The fraction of sp³-hybridized carbons (Fsp3) is 0. The first-order valence-corrected chi connectivity index (χ1v) is 5.29. The van der Waals surface area contributed by atoms with Crippen molar-refractivity contribution in [1.82, 2.24) is 0 Å². The van der Waals surface area contributed by atoms with Crippen LogP contribution in [-0.2, 0) is 0 Å². The molecule has 0 fully saturated rings. The maximum Gasteiger partial charge on any atom is 0.369 e. The van der Waals surface area contributed by atoms with Crippen molar-refractivity contribution in [3.05, 3.63) is 62.7 Å². The van der Waals surface area contributed by atoms with Crippen molar-refractivity contribution in [1.29, 1.82) is 0 Å². The summed E-state index contributed by atoms with van der Waals surface area (Å²) < 4.78 is 0. The average Bonchev–Trinajstić information content (AvgIpc) is 2.38. The Morgan fingerprint density at radius 2 is 1.53 bits per heavy atom. The molecule has 0 unspecified atom stereocenters. The first kappa shape index (κ1) is 12.5. The summed E-state index contributed by atoms with van der Waals surface area (Å²) in [6.45, 7) is 0. The van der Waals surface area contributed by atoms with E-state index in [4.69, 9.17) is 5.73 Å². The summed E-state index contributed by atoms with van der Waals surface area (Å²) in [7, 11) is 0. The third-order valence-corrected chi connectivity index (χ3v) is 2.66. The molecule has 2 aromatic rings. The molecule has 0 spiro atoms. The second-order valence-corrected chi connectivity index (χ2v) is 3.77. The molecule has 0 radical (unpaired) electrons. The summed E-state index contributed by atoms with van der Waals surface area (Å²) in [6.07, 6.45) is 0. The summed E-state index contributed by atoms with van der Waals surface area (Å²) in [5.74, 6) is 0. The highest BCUT2D eigenvalue weighted by atomic mass is 16.6. The van der Waals surface area contributed by atoms with Crippen LogP contribution in [0.5, 0.6) is 0 Å². The smallest absolute Gasteiger partial charge is 0.369 e. The van der Waals surface area contributed by atoms with Crippen LogP contribution in [0.2, 0.25) is 0 Å². The lowest BCUT2D eigenvalue weighted by Crippen LogP contribution is -2.02. The second-order valence-electron chi connectivity index (χ2n) is 3.77. The zero-order valence-corrected chi connectivity index (χ0v) is 9.65. The number of nitrogens with zero attached hydrogens (tertiary/aromatic N) is 2. The number of nitrogens with two attached hydrogens (primary N) is 1. The van der Waals surface area contributed by atoms with Gasteiger partial charge in [0.05, 0.1) is 9.85 Å². The van der Waals surface area contributed by atoms with Crippen molar-refractivity contribution in [3.8, 4) is 11.1 Å². The highest BCUT2D eigenvalue weighted by molar-refractivity contribution is 5.86. The molecule has 0 amide bonds. The van der Waals surface area contributed by atoms with Gasteiger partial charge < -0.3 is 5.73 Å². The molecule has 0 saturated carbocycles. The highest BCUT2D eigenvalue weighted by Gasteiger charge is 2.29. The van der Waals surface area contributed by atoms with Crippen LogP contribution in [0.3, 0.4) is 0 Å². The molecule has 7 heteroatoms. The molecule has 0 bridgehead atoms. The molecule has 0 saturated heterocycles. The molecule has 0 aliphatic heterocycles. The monoisotopic (exact) mass is 259 g/mol. The lowest BCUT2D eigenvalue weighted by atomic mass is 10.0. The van der Waals surface area contributed by atoms with Crippen LogP contribution in [0.1, 0.15) is 0 Å². The van der Waals surface area contributed by atoms with Gasteiger partial charge >= 0.3 is 11.4 Å². The van der Waals surface area contributed by atoms with E-state index >= 15 is 0 Å². The zero-order valence-electron chi connectivity index (χ0n) is 9.65. The van der Waals surface area contributed by atoms with Crippen LogP contribution >= 0.6 is 0 Å². The maximum absolute atomic E-state index is 11.0. The van der Waals surface area contributed by atoms with Gasteiger partial charge in [-0.2, -0.15) is 0 Å². The van der Waals surface area contributed by atoms with E-state index in [1.807, 2.05) is 0 Å². The number of hydrogen-bond donors (Lipinski definition) is 1. The van der Waals surface area contributed by atoms with Gasteiger partial charge in [-0.05, 0) is 11.6 Å². The number of nitro groups is 2. The van der Waals surface area contributed by atoms with E-state index in [1.54, 1.807) is 30.3 Å². The Bertz CT molecular complexity index is 656. The lowest BCUT2D eigenvalue weighted by Gasteiger charge is -2.06. The molecule has 0 heterocycles. The van der Waals surface area contributed by atoms with E-state index < -0.39 is 21.2 Å². The molecule has 96 valence electrons. The minimum absolute atomic E-state index is 0.203. The third-order valence-electron chi connectivity index (χ3n) is 2.66. The predicted molar refractivity (Wildman–Crippen MR) is 69.6 cm³/mol. The molecule has 0 aliphatic carbocycles. The van der Waals surface area contributed by atoms with E-state index in [1.165, 1.54) is 6.07 Å². The number of rotatable bonds is 3. The van der Waals surface area contributed by atoms with Crippen molar-refractivity contribution in [2.24, 2.45) is 0 Å². The van der Waals surface area contributed by atoms with Crippen molar-refractivity contribution in [3.63, 3.8) is 0 Å². The van der Waals surface area contributed by atoms with Crippen LogP contribution in [0.15, 0.2) is 42.5 Å². The largest absolute Gasteiger partial charge is 0.392 e. The Morgan fingerprint density at radius 3 is 2.05 bits per heavy atom. The van der Waals surface area contributed by atoms with Crippen molar-refractivity contribution >= 4 is 17.1 Å². The standard InChI is InChI=1S/C12H9N3O4/c13-11-9(8-4-2-1-3-5-8)6-7-10(14(16)17)12(11)15(18)19/h1-7H,13H2. The van der Waals surface area contributed by atoms with Crippen molar-refractivity contribution in [2.45, 2.75) is 0 Å². The number of benzene rings is 2. The summed E-state index contributed by atoms with van der Waals surface area (Å²) >= 11 is 0. The number of nitrogen functional groups attached to an aromatic ring is 1. The molecule has 19 heavy (non-hydrogen) atoms. The SMILES string of the molecule is Nc1c(-c2ccccc2)ccc([N+](=O)[O-])c1[N+](=O)[O-]. The topological polar surface area (TPSA) is 112 Å². The van der Waals surface area contributed by atoms with Gasteiger partial charge in [0.1, 0.15) is 5.69 Å². The number of anilines is 1. The van der Waals surface area contributed by atoms with Crippen molar-refractivity contribution < 1.29 is 9.85 Å². The minimum atomic E-state index is -0.833. The van der Waals surface area contributed by atoms with Gasteiger partial charge in [-0.3, -0.25) is 20.2 Å². The van der Waals surface area contributed by atoms with E-state index in [0.29, 0.717) is 11.1 Å². The first-order chi connectivity index (χ1) is 9.02. The molecular formula is C12H9N3O4. The highest BCUT2D eigenvalue weighted by Crippen LogP contribution is 2.39. The van der Waals surface area contributed by atoms with Gasteiger partial charge in [0.15, 0.2) is 0 Å². The molecule has 0 aliphatic rings. The summed E-state index contributed by atoms with van der Waals surface area (Å²) in [5.41, 5.74) is 5.29. The van der Waals surface area contributed by atoms with Crippen LogP contribution in [0, 0.1) is 20.2 Å². The minimum Gasteiger partial charge on any atom is -0.392 e. The molecule has 2 rings (SSSR count). The van der Waals surface area contributed by atoms with Crippen LogP contribution < -0.4 is 5.73 Å². The Balaban J connectivity index is 2.71. The summed E-state index contributed by atoms with van der Waals surface area (Å²) in [6, 6.07) is 11.2. The summed E-state index contributed by atoms with van der Waals surface area (Å²) in [4.78, 5) is 20.1. The molecule has 7 nitrogen and oxygen atoms in total.